The third-order valence-electron chi connectivity index (χ3n) is 5.95. The molecule has 1 aliphatic heterocycles. The molecule has 1 amide bonds. The van der Waals surface area contributed by atoms with Crippen LogP contribution in [0.5, 0.6) is 0 Å². The third kappa shape index (κ3) is 6.73. The van der Waals surface area contributed by atoms with Crippen molar-refractivity contribution in [2.75, 3.05) is 5.75 Å². The highest BCUT2D eigenvalue weighted by Gasteiger charge is 2.32. The van der Waals surface area contributed by atoms with Crippen molar-refractivity contribution in [2.45, 2.75) is 49.9 Å². The molecule has 8 heteroatoms. The Labute approximate surface area is 214 Å². The second kappa shape index (κ2) is 12.2. The topological polar surface area (TPSA) is 105 Å². The number of hydrogen-bond donors (Lipinski definition) is 3. The molecule has 1 saturated heterocycles. The van der Waals surface area contributed by atoms with Crippen LogP contribution in [0.3, 0.4) is 0 Å². The smallest absolute Gasteiger partial charge is 0.336 e. The Hall–Kier alpha value is -3.17. The number of carbonyl (C=O) groups is 2. The van der Waals surface area contributed by atoms with E-state index in [2.05, 4.69) is 5.32 Å². The Morgan fingerprint density at radius 2 is 1.61 bits per heavy atom. The molecule has 1 aliphatic rings. The van der Waals surface area contributed by atoms with E-state index in [4.69, 9.17) is 9.47 Å². The molecule has 3 atom stereocenters. The van der Waals surface area contributed by atoms with Crippen LogP contribution in [0, 0.1) is 0 Å². The molecule has 0 saturated carbocycles. The highest BCUT2D eigenvalue weighted by molar-refractivity contribution is 7.99. The molecule has 1 heterocycles. The SMILES string of the molecule is CC(=O)NCc1ccc([C@H]2O[C@@H](CSc3ccccc3C(=O)O)C[C@@H](c3ccc(CO)cc3)O2)cc1. The highest BCUT2D eigenvalue weighted by atomic mass is 32.2. The number of rotatable bonds is 9. The Morgan fingerprint density at radius 3 is 2.28 bits per heavy atom. The van der Waals surface area contributed by atoms with Crippen LogP contribution in [-0.2, 0) is 27.4 Å². The minimum atomic E-state index is -0.954. The first-order chi connectivity index (χ1) is 17.4. The van der Waals surface area contributed by atoms with Crippen LogP contribution in [0.1, 0.15) is 58.4 Å². The van der Waals surface area contributed by atoms with Gasteiger partial charge in [-0.15, -0.1) is 11.8 Å². The third-order valence-corrected chi connectivity index (χ3v) is 7.16. The lowest BCUT2D eigenvalue weighted by molar-refractivity contribution is -0.245. The van der Waals surface area contributed by atoms with E-state index in [1.807, 2.05) is 60.7 Å². The number of ether oxygens (including phenoxy) is 2. The van der Waals surface area contributed by atoms with Crippen LogP contribution < -0.4 is 5.32 Å². The molecule has 0 radical (unpaired) electrons. The lowest BCUT2D eigenvalue weighted by Crippen LogP contribution is -2.31. The molecule has 0 spiro atoms. The first-order valence-electron chi connectivity index (χ1n) is 11.7. The standard InChI is InChI=1S/C28H29NO6S/c1-18(31)29-15-19-6-12-22(13-7-19)28-34-23(17-36-26-5-3-2-4-24(26)27(32)33)14-25(35-28)21-10-8-20(16-30)9-11-21/h2-13,23,25,28,30H,14-17H2,1H3,(H,29,31)(H,32,33)/t23-,25+,28+/m1/s1. The minimum Gasteiger partial charge on any atom is -0.478 e. The van der Waals surface area contributed by atoms with Crippen LogP contribution in [0.4, 0.5) is 0 Å². The predicted molar refractivity (Wildman–Crippen MR) is 137 cm³/mol. The fourth-order valence-electron chi connectivity index (χ4n) is 3.99. The molecule has 3 aromatic carbocycles. The largest absolute Gasteiger partial charge is 0.478 e. The molecular formula is C28H29NO6S. The van der Waals surface area contributed by atoms with Gasteiger partial charge in [-0.2, -0.15) is 0 Å². The van der Waals surface area contributed by atoms with Crippen molar-refractivity contribution in [1.82, 2.24) is 5.32 Å². The van der Waals surface area contributed by atoms with Gasteiger partial charge in [-0.25, -0.2) is 4.79 Å². The van der Waals surface area contributed by atoms with E-state index in [-0.39, 0.29) is 30.3 Å². The summed E-state index contributed by atoms with van der Waals surface area (Å²) in [5.41, 5.74) is 3.92. The summed E-state index contributed by atoms with van der Waals surface area (Å²) in [5, 5.41) is 21.7. The Balaban J connectivity index is 1.52. The molecular weight excluding hydrogens is 478 g/mol. The summed E-state index contributed by atoms with van der Waals surface area (Å²) >= 11 is 1.46. The highest BCUT2D eigenvalue weighted by Crippen LogP contribution is 2.39. The van der Waals surface area contributed by atoms with Crippen molar-refractivity contribution in [3.05, 3.63) is 101 Å². The number of nitrogens with one attached hydrogen (secondary N) is 1. The summed E-state index contributed by atoms with van der Waals surface area (Å²) in [6, 6.07) is 22.4. The first-order valence-corrected chi connectivity index (χ1v) is 12.7. The van der Waals surface area contributed by atoms with E-state index in [1.165, 1.54) is 18.7 Å². The van der Waals surface area contributed by atoms with Gasteiger partial charge in [-0.05, 0) is 28.8 Å². The molecule has 7 nitrogen and oxygen atoms in total. The van der Waals surface area contributed by atoms with Crippen LogP contribution >= 0.6 is 11.8 Å². The summed E-state index contributed by atoms with van der Waals surface area (Å²) < 4.78 is 12.7. The number of aromatic carboxylic acids is 1. The quantitative estimate of drug-likeness (QED) is 0.356. The number of aliphatic hydroxyl groups excluding tert-OH is 1. The van der Waals surface area contributed by atoms with Crippen molar-refractivity contribution in [3.63, 3.8) is 0 Å². The van der Waals surface area contributed by atoms with E-state index in [1.54, 1.807) is 12.1 Å². The fourth-order valence-corrected chi connectivity index (χ4v) is 5.06. The van der Waals surface area contributed by atoms with Crippen LogP contribution in [0.2, 0.25) is 0 Å². The molecule has 0 aromatic heterocycles. The lowest BCUT2D eigenvalue weighted by Gasteiger charge is -2.36. The maximum atomic E-state index is 11.6. The van der Waals surface area contributed by atoms with E-state index >= 15 is 0 Å². The summed E-state index contributed by atoms with van der Waals surface area (Å²) in [5.74, 6) is -0.473. The van der Waals surface area contributed by atoms with Crippen molar-refractivity contribution in [3.8, 4) is 0 Å². The molecule has 36 heavy (non-hydrogen) atoms. The van der Waals surface area contributed by atoms with Gasteiger partial charge in [0.25, 0.3) is 0 Å². The number of hydrogen-bond acceptors (Lipinski definition) is 6. The van der Waals surface area contributed by atoms with Crippen LogP contribution in [-0.4, -0.2) is 33.9 Å². The van der Waals surface area contributed by atoms with Crippen LogP contribution in [0.25, 0.3) is 0 Å². The zero-order chi connectivity index (χ0) is 25.5. The van der Waals surface area contributed by atoms with E-state index < -0.39 is 12.3 Å². The zero-order valence-corrected chi connectivity index (χ0v) is 20.7. The Kier molecular flexibility index (Phi) is 8.77. The lowest BCUT2D eigenvalue weighted by atomic mass is 10.0. The monoisotopic (exact) mass is 507 g/mol. The summed E-state index contributed by atoms with van der Waals surface area (Å²) in [6.07, 6.45) is -0.401. The second-order valence-corrected chi connectivity index (χ2v) is 9.68. The predicted octanol–water partition coefficient (Wildman–Crippen LogP) is 4.85. The first kappa shape index (κ1) is 25.9. The molecule has 1 fully saturated rings. The number of carboxylic acid groups (broad SMARTS) is 1. The van der Waals surface area contributed by atoms with Gasteiger partial charge in [0.15, 0.2) is 6.29 Å². The molecule has 0 aliphatic carbocycles. The van der Waals surface area contributed by atoms with Gasteiger partial charge in [-0.1, -0.05) is 60.7 Å². The van der Waals surface area contributed by atoms with Crippen molar-refractivity contribution in [1.29, 1.82) is 0 Å². The maximum absolute atomic E-state index is 11.6. The van der Waals surface area contributed by atoms with Gasteiger partial charge in [0.1, 0.15) is 0 Å². The molecule has 3 aromatic rings. The van der Waals surface area contributed by atoms with E-state index in [0.717, 1.165) is 22.3 Å². The maximum Gasteiger partial charge on any atom is 0.336 e. The van der Waals surface area contributed by atoms with Gasteiger partial charge in [0.2, 0.25) is 5.91 Å². The summed E-state index contributed by atoms with van der Waals surface area (Å²) in [6.45, 7) is 1.91. The number of carbonyl (C=O) groups excluding carboxylic acids is 1. The average molecular weight is 508 g/mol. The van der Waals surface area contributed by atoms with Crippen molar-refractivity contribution >= 4 is 23.6 Å². The number of aliphatic hydroxyl groups is 1. The summed E-state index contributed by atoms with van der Waals surface area (Å²) in [7, 11) is 0. The number of thioether (sulfide) groups is 1. The normalized spacial score (nSPS) is 19.6. The van der Waals surface area contributed by atoms with Crippen molar-refractivity contribution in [2.24, 2.45) is 0 Å². The van der Waals surface area contributed by atoms with Gasteiger partial charge < -0.3 is 25.0 Å². The Bertz CT molecular complexity index is 1180. The fraction of sp³-hybridized carbons (Fsp3) is 0.286. The van der Waals surface area contributed by atoms with Gasteiger partial charge in [0, 0.05) is 36.1 Å². The number of amides is 1. The number of benzene rings is 3. The second-order valence-electron chi connectivity index (χ2n) is 8.61. The van der Waals surface area contributed by atoms with Crippen molar-refractivity contribution < 1.29 is 29.3 Å². The number of carboxylic acids is 1. The molecule has 4 rings (SSSR count). The molecule has 188 valence electrons. The molecule has 3 N–H and O–H groups in total. The minimum absolute atomic E-state index is 0.0232. The van der Waals surface area contributed by atoms with Gasteiger partial charge in [-0.3, -0.25) is 4.79 Å². The van der Waals surface area contributed by atoms with Gasteiger partial charge in [0.05, 0.1) is 24.4 Å². The molecule has 0 bridgehead atoms. The van der Waals surface area contributed by atoms with Crippen LogP contribution in [0.15, 0.2) is 77.7 Å². The van der Waals surface area contributed by atoms with E-state index in [9.17, 15) is 19.8 Å². The van der Waals surface area contributed by atoms with Gasteiger partial charge >= 0.3 is 5.97 Å². The Morgan fingerprint density at radius 1 is 0.944 bits per heavy atom. The molecule has 0 unspecified atom stereocenters. The van der Waals surface area contributed by atoms with E-state index in [0.29, 0.717) is 23.6 Å². The zero-order valence-electron chi connectivity index (χ0n) is 19.9. The average Bonchev–Trinajstić information content (AvgIpc) is 2.91. The summed E-state index contributed by atoms with van der Waals surface area (Å²) in [4.78, 5) is 23.5.